The first-order valence-corrected chi connectivity index (χ1v) is 6.27. The minimum absolute atomic E-state index is 0.0479. The molecule has 0 unspecified atom stereocenters. The maximum absolute atomic E-state index is 11.7. The van der Waals surface area contributed by atoms with E-state index in [4.69, 9.17) is 9.26 Å². The van der Waals surface area contributed by atoms with E-state index in [9.17, 15) is 9.59 Å². The van der Waals surface area contributed by atoms with Crippen LogP contribution in [0.1, 0.15) is 41.5 Å². The van der Waals surface area contributed by atoms with Crippen molar-refractivity contribution in [2.45, 2.75) is 26.3 Å². The predicted octanol–water partition coefficient (Wildman–Crippen LogP) is 1.79. The lowest BCUT2D eigenvalue weighted by atomic mass is 10.1. The molecule has 0 amide bonds. The molecule has 0 aliphatic rings. The van der Waals surface area contributed by atoms with E-state index < -0.39 is 11.7 Å². The molecule has 0 bridgehead atoms. The summed E-state index contributed by atoms with van der Waals surface area (Å²) in [4.78, 5) is 23.4. The second-order valence-electron chi connectivity index (χ2n) is 4.70. The summed E-state index contributed by atoms with van der Waals surface area (Å²) in [7, 11) is 1.32. The van der Waals surface area contributed by atoms with Gasteiger partial charge in [-0.1, -0.05) is 37.2 Å². The van der Waals surface area contributed by atoms with Gasteiger partial charge in [0.15, 0.2) is 5.82 Å². The summed E-state index contributed by atoms with van der Waals surface area (Å²) in [5.74, 6) is -0.369. The maximum Gasteiger partial charge on any atom is 0.441 e. The van der Waals surface area contributed by atoms with Crippen LogP contribution in [0.2, 0.25) is 0 Å². The molecule has 0 fully saturated rings. The lowest BCUT2D eigenvalue weighted by Crippen LogP contribution is -2.20. The first-order chi connectivity index (χ1) is 9.54. The molecule has 0 spiro atoms. The summed E-state index contributed by atoms with van der Waals surface area (Å²) in [5, 5.41) is 3.77. The molecule has 1 aromatic heterocycles. The van der Waals surface area contributed by atoms with Crippen LogP contribution in [-0.2, 0) is 11.3 Å². The molecule has 0 aliphatic carbocycles. The van der Waals surface area contributed by atoms with Crippen LogP contribution in [0.4, 0.5) is 0 Å². The maximum atomic E-state index is 11.7. The summed E-state index contributed by atoms with van der Waals surface area (Å²) in [6.45, 7) is 4.06. The van der Waals surface area contributed by atoms with Crippen molar-refractivity contribution in [1.29, 1.82) is 0 Å². The van der Waals surface area contributed by atoms with Gasteiger partial charge in [-0.15, -0.1) is 0 Å². The van der Waals surface area contributed by atoms with E-state index in [2.05, 4.69) is 5.16 Å². The zero-order valence-electron chi connectivity index (χ0n) is 11.6. The van der Waals surface area contributed by atoms with Crippen LogP contribution in [0.3, 0.4) is 0 Å². The van der Waals surface area contributed by atoms with Crippen LogP contribution in [0, 0.1) is 0 Å². The number of aromatic nitrogens is 2. The number of rotatable bonds is 4. The summed E-state index contributed by atoms with van der Waals surface area (Å²) in [6.07, 6.45) is 0. The molecule has 1 heterocycles. The van der Waals surface area contributed by atoms with Gasteiger partial charge in [-0.2, -0.15) is 0 Å². The van der Waals surface area contributed by atoms with Gasteiger partial charge in [0.2, 0.25) is 0 Å². The van der Waals surface area contributed by atoms with E-state index in [-0.39, 0.29) is 12.5 Å². The highest BCUT2D eigenvalue weighted by molar-refractivity contribution is 5.90. The third-order valence-corrected chi connectivity index (χ3v) is 2.98. The fourth-order valence-corrected chi connectivity index (χ4v) is 1.98. The number of ether oxygens (including phenoxy) is 1. The number of esters is 1. The summed E-state index contributed by atoms with van der Waals surface area (Å²) >= 11 is 0. The predicted molar refractivity (Wildman–Crippen MR) is 71.7 cm³/mol. The molecule has 2 aromatic rings. The van der Waals surface area contributed by atoms with E-state index in [1.54, 1.807) is 24.3 Å². The molecule has 20 heavy (non-hydrogen) atoms. The van der Waals surface area contributed by atoms with Gasteiger partial charge in [0.05, 0.1) is 19.2 Å². The fraction of sp³-hybridized carbons (Fsp3) is 0.357. The molecular weight excluding hydrogens is 260 g/mol. The number of carbonyl (C=O) groups is 1. The van der Waals surface area contributed by atoms with Gasteiger partial charge in [-0.3, -0.25) is 9.09 Å². The van der Waals surface area contributed by atoms with Gasteiger partial charge >= 0.3 is 11.7 Å². The average Bonchev–Trinajstić information content (AvgIpc) is 2.80. The van der Waals surface area contributed by atoms with Crippen LogP contribution in [0.25, 0.3) is 0 Å². The highest BCUT2D eigenvalue weighted by atomic mass is 16.5. The number of benzene rings is 1. The molecule has 0 aliphatic heterocycles. The lowest BCUT2D eigenvalue weighted by molar-refractivity contribution is 0.0599. The largest absolute Gasteiger partial charge is 0.465 e. The van der Waals surface area contributed by atoms with Gasteiger partial charge in [-0.25, -0.2) is 9.59 Å². The molecule has 106 valence electrons. The Morgan fingerprint density at radius 1 is 1.40 bits per heavy atom. The molecule has 2 rings (SSSR count). The van der Waals surface area contributed by atoms with Gasteiger partial charge in [0, 0.05) is 5.92 Å². The number of methoxy groups -OCH3 is 1. The van der Waals surface area contributed by atoms with E-state index in [1.165, 1.54) is 11.7 Å². The van der Waals surface area contributed by atoms with Gasteiger partial charge in [0.1, 0.15) is 0 Å². The smallest absolute Gasteiger partial charge is 0.441 e. The summed E-state index contributed by atoms with van der Waals surface area (Å²) in [6, 6.07) is 6.98. The van der Waals surface area contributed by atoms with E-state index >= 15 is 0 Å². The number of carbonyl (C=O) groups excluding carboxylic acids is 1. The highest BCUT2D eigenvalue weighted by Crippen LogP contribution is 2.15. The molecule has 0 saturated heterocycles. The monoisotopic (exact) mass is 276 g/mol. The Balaban J connectivity index is 2.43. The van der Waals surface area contributed by atoms with E-state index in [1.807, 2.05) is 13.8 Å². The Kier molecular flexibility index (Phi) is 4.02. The SMILES string of the molecule is COC(=O)c1ccccc1Cn1c(C(C)C)noc1=O. The van der Waals surface area contributed by atoms with Crippen molar-refractivity contribution < 1.29 is 14.1 Å². The van der Waals surface area contributed by atoms with Crippen LogP contribution >= 0.6 is 0 Å². The van der Waals surface area contributed by atoms with Crippen molar-refractivity contribution in [3.05, 3.63) is 51.8 Å². The van der Waals surface area contributed by atoms with Crippen molar-refractivity contribution in [2.75, 3.05) is 7.11 Å². The second-order valence-corrected chi connectivity index (χ2v) is 4.70. The van der Waals surface area contributed by atoms with Crippen molar-refractivity contribution in [2.24, 2.45) is 0 Å². The molecule has 0 saturated carbocycles. The van der Waals surface area contributed by atoms with Crippen LogP contribution < -0.4 is 5.76 Å². The Morgan fingerprint density at radius 3 is 2.75 bits per heavy atom. The van der Waals surface area contributed by atoms with Gasteiger partial charge in [-0.05, 0) is 11.6 Å². The minimum Gasteiger partial charge on any atom is -0.465 e. The Morgan fingerprint density at radius 2 is 2.10 bits per heavy atom. The molecule has 6 nitrogen and oxygen atoms in total. The van der Waals surface area contributed by atoms with E-state index in [0.29, 0.717) is 17.0 Å². The normalized spacial score (nSPS) is 10.8. The lowest BCUT2D eigenvalue weighted by Gasteiger charge is -2.10. The van der Waals surface area contributed by atoms with Crippen molar-refractivity contribution in [1.82, 2.24) is 9.72 Å². The molecule has 0 radical (unpaired) electrons. The molecule has 6 heteroatoms. The molecular formula is C14H16N2O4. The highest BCUT2D eigenvalue weighted by Gasteiger charge is 2.17. The van der Waals surface area contributed by atoms with Crippen molar-refractivity contribution in [3.8, 4) is 0 Å². The molecule has 0 N–H and O–H groups in total. The summed E-state index contributed by atoms with van der Waals surface area (Å²) < 4.78 is 10.9. The first-order valence-electron chi connectivity index (χ1n) is 6.27. The van der Waals surface area contributed by atoms with Crippen LogP contribution in [0.5, 0.6) is 0 Å². The number of hydrogen-bond donors (Lipinski definition) is 0. The zero-order chi connectivity index (χ0) is 14.7. The number of hydrogen-bond acceptors (Lipinski definition) is 5. The Labute approximate surface area is 116 Å². The van der Waals surface area contributed by atoms with E-state index in [0.717, 1.165) is 0 Å². The third-order valence-electron chi connectivity index (χ3n) is 2.98. The first kappa shape index (κ1) is 14.0. The zero-order valence-corrected chi connectivity index (χ0v) is 11.6. The van der Waals surface area contributed by atoms with Crippen molar-refractivity contribution in [3.63, 3.8) is 0 Å². The second kappa shape index (κ2) is 5.73. The van der Waals surface area contributed by atoms with Gasteiger partial charge < -0.3 is 4.74 Å². The fourth-order valence-electron chi connectivity index (χ4n) is 1.98. The quantitative estimate of drug-likeness (QED) is 0.796. The van der Waals surface area contributed by atoms with Crippen LogP contribution in [-0.4, -0.2) is 22.8 Å². The Bertz CT molecular complexity index is 670. The molecule has 0 atom stereocenters. The Hall–Kier alpha value is -2.37. The molecule has 1 aromatic carbocycles. The third kappa shape index (κ3) is 2.64. The number of nitrogens with zero attached hydrogens (tertiary/aromatic N) is 2. The average molecular weight is 276 g/mol. The minimum atomic E-state index is -0.534. The van der Waals surface area contributed by atoms with Crippen LogP contribution in [0.15, 0.2) is 33.6 Å². The topological polar surface area (TPSA) is 74.3 Å². The van der Waals surface area contributed by atoms with Crippen molar-refractivity contribution >= 4 is 5.97 Å². The summed E-state index contributed by atoms with van der Waals surface area (Å²) in [5.41, 5.74) is 1.12. The van der Waals surface area contributed by atoms with Gasteiger partial charge in [0.25, 0.3) is 0 Å². The standard InChI is InChI=1S/C14H16N2O4/c1-9(2)12-15-20-14(18)16(12)8-10-6-4-5-7-11(10)13(17)19-3/h4-7,9H,8H2,1-3H3.